The Morgan fingerprint density at radius 3 is 2.94 bits per heavy atom. The second-order valence-corrected chi connectivity index (χ2v) is 4.41. The third kappa shape index (κ3) is 2.26. The Morgan fingerprint density at radius 2 is 2.24 bits per heavy atom. The van der Waals surface area contributed by atoms with Crippen LogP contribution in [0.4, 0.5) is 5.69 Å². The molecule has 0 aliphatic heterocycles. The maximum absolute atomic E-state index is 5.77. The van der Waals surface area contributed by atoms with Crippen molar-refractivity contribution >= 4 is 16.7 Å². The smallest absolute Gasteiger partial charge is 0.106 e. The van der Waals surface area contributed by atoms with Crippen molar-refractivity contribution < 1.29 is 4.74 Å². The van der Waals surface area contributed by atoms with Crippen molar-refractivity contribution in [2.75, 3.05) is 19.5 Å². The van der Waals surface area contributed by atoms with Crippen LogP contribution in [0.5, 0.6) is 0 Å². The number of nitrogens with two attached hydrogens (primary N) is 1. The lowest BCUT2D eigenvalue weighted by Gasteiger charge is -2.15. The first kappa shape index (κ1) is 11.9. The molecule has 0 spiro atoms. The molecule has 92 valence electrons. The van der Waals surface area contributed by atoms with Crippen LogP contribution in [0.15, 0.2) is 18.2 Å². The van der Waals surface area contributed by atoms with E-state index in [9.17, 15) is 0 Å². The van der Waals surface area contributed by atoms with Gasteiger partial charge in [-0.2, -0.15) is 0 Å². The molecule has 0 aliphatic carbocycles. The van der Waals surface area contributed by atoms with E-state index in [0.29, 0.717) is 6.04 Å². The standard InChI is InChI=1S/C13H19N3O/c1-9(6-7-17-3)16-10(2)15-12-8-11(14)4-5-13(12)16/h4-5,8-9H,6-7,14H2,1-3H3. The number of fused-ring (bicyclic) bond motifs is 1. The monoisotopic (exact) mass is 233 g/mol. The maximum Gasteiger partial charge on any atom is 0.106 e. The van der Waals surface area contributed by atoms with Crippen LogP contribution in [-0.4, -0.2) is 23.3 Å². The van der Waals surface area contributed by atoms with Crippen molar-refractivity contribution in [3.63, 3.8) is 0 Å². The topological polar surface area (TPSA) is 53.1 Å². The summed E-state index contributed by atoms with van der Waals surface area (Å²) in [6.45, 7) is 4.97. The molecule has 2 rings (SSSR count). The summed E-state index contributed by atoms with van der Waals surface area (Å²) in [4.78, 5) is 4.55. The highest BCUT2D eigenvalue weighted by atomic mass is 16.5. The third-order valence-corrected chi connectivity index (χ3v) is 3.07. The molecule has 1 aromatic heterocycles. The summed E-state index contributed by atoms with van der Waals surface area (Å²) in [5.74, 6) is 1.02. The molecule has 0 saturated carbocycles. The molecular formula is C13H19N3O. The third-order valence-electron chi connectivity index (χ3n) is 3.07. The lowest BCUT2D eigenvalue weighted by Crippen LogP contribution is -2.09. The number of ether oxygens (including phenoxy) is 1. The summed E-state index contributed by atoms with van der Waals surface area (Å²) >= 11 is 0. The summed E-state index contributed by atoms with van der Waals surface area (Å²) in [6.07, 6.45) is 0.979. The minimum Gasteiger partial charge on any atom is -0.399 e. The van der Waals surface area contributed by atoms with E-state index in [1.807, 2.05) is 25.1 Å². The first-order chi connectivity index (χ1) is 8.13. The maximum atomic E-state index is 5.77. The van der Waals surface area contributed by atoms with Crippen molar-refractivity contribution in [1.82, 2.24) is 9.55 Å². The molecule has 17 heavy (non-hydrogen) atoms. The number of benzene rings is 1. The summed E-state index contributed by atoms with van der Waals surface area (Å²) in [5, 5.41) is 0. The number of imidazole rings is 1. The van der Waals surface area contributed by atoms with Crippen LogP contribution in [-0.2, 0) is 4.74 Å². The molecule has 2 aromatic rings. The molecule has 0 saturated heterocycles. The molecule has 4 heteroatoms. The van der Waals surface area contributed by atoms with Gasteiger partial charge in [-0.25, -0.2) is 4.98 Å². The van der Waals surface area contributed by atoms with Gasteiger partial charge in [0, 0.05) is 25.4 Å². The Kier molecular flexibility index (Phi) is 3.33. The zero-order chi connectivity index (χ0) is 12.4. The summed E-state index contributed by atoms with van der Waals surface area (Å²) in [5.41, 5.74) is 8.63. The predicted octanol–water partition coefficient (Wildman–Crippen LogP) is 2.52. The van der Waals surface area contributed by atoms with Gasteiger partial charge in [0.05, 0.1) is 11.0 Å². The van der Waals surface area contributed by atoms with E-state index in [0.717, 1.165) is 35.6 Å². The molecule has 0 radical (unpaired) electrons. The van der Waals surface area contributed by atoms with Gasteiger partial charge in [-0.05, 0) is 38.5 Å². The fourth-order valence-corrected chi connectivity index (χ4v) is 2.21. The molecule has 2 N–H and O–H groups in total. The van der Waals surface area contributed by atoms with Crippen molar-refractivity contribution in [2.45, 2.75) is 26.3 Å². The number of anilines is 1. The molecule has 1 aromatic carbocycles. The molecule has 0 fully saturated rings. The van der Waals surface area contributed by atoms with E-state index in [1.165, 1.54) is 0 Å². The lowest BCUT2D eigenvalue weighted by atomic mass is 10.2. The van der Waals surface area contributed by atoms with Gasteiger partial charge in [-0.15, -0.1) is 0 Å². The zero-order valence-electron chi connectivity index (χ0n) is 10.6. The van der Waals surface area contributed by atoms with Gasteiger partial charge in [-0.3, -0.25) is 0 Å². The van der Waals surface area contributed by atoms with Crippen molar-refractivity contribution in [3.8, 4) is 0 Å². The highest BCUT2D eigenvalue weighted by Gasteiger charge is 2.12. The van der Waals surface area contributed by atoms with Gasteiger partial charge in [0.25, 0.3) is 0 Å². The van der Waals surface area contributed by atoms with E-state index in [-0.39, 0.29) is 0 Å². The number of aryl methyl sites for hydroxylation is 1. The predicted molar refractivity (Wildman–Crippen MR) is 70.1 cm³/mol. The van der Waals surface area contributed by atoms with E-state index in [1.54, 1.807) is 7.11 Å². The Balaban J connectivity index is 2.42. The number of aromatic nitrogens is 2. The van der Waals surface area contributed by atoms with Gasteiger partial charge in [0.2, 0.25) is 0 Å². The molecule has 0 amide bonds. The van der Waals surface area contributed by atoms with Crippen LogP contribution in [0, 0.1) is 6.92 Å². The average Bonchev–Trinajstić information content (AvgIpc) is 2.61. The van der Waals surface area contributed by atoms with Crippen molar-refractivity contribution in [3.05, 3.63) is 24.0 Å². The Bertz CT molecular complexity index is 519. The second kappa shape index (κ2) is 4.75. The summed E-state index contributed by atoms with van der Waals surface area (Å²) in [7, 11) is 1.73. The highest BCUT2D eigenvalue weighted by Crippen LogP contribution is 2.24. The van der Waals surface area contributed by atoms with Crippen LogP contribution in [0.2, 0.25) is 0 Å². The van der Waals surface area contributed by atoms with Gasteiger partial charge >= 0.3 is 0 Å². The van der Waals surface area contributed by atoms with E-state index in [4.69, 9.17) is 10.5 Å². The van der Waals surface area contributed by atoms with Crippen LogP contribution < -0.4 is 5.73 Å². The number of hydrogen-bond acceptors (Lipinski definition) is 3. The Morgan fingerprint density at radius 1 is 1.47 bits per heavy atom. The van der Waals surface area contributed by atoms with Gasteiger partial charge in [-0.1, -0.05) is 0 Å². The molecule has 1 atom stereocenters. The van der Waals surface area contributed by atoms with Crippen LogP contribution in [0.3, 0.4) is 0 Å². The van der Waals surface area contributed by atoms with Gasteiger partial charge in [0.1, 0.15) is 5.82 Å². The normalized spacial score (nSPS) is 13.1. The minimum atomic E-state index is 0.378. The first-order valence-electron chi connectivity index (χ1n) is 5.86. The number of rotatable bonds is 4. The largest absolute Gasteiger partial charge is 0.399 e. The van der Waals surface area contributed by atoms with Crippen molar-refractivity contribution in [1.29, 1.82) is 0 Å². The molecular weight excluding hydrogens is 214 g/mol. The number of nitrogen functional groups attached to an aromatic ring is 1. The van der Waals surface area contributed by atoms with Crippen molar-refractivity contribution in [2.24, 2.45) is 0 Å². The number of nitrogens with zero attached hydrogens (tertiary/aromatic N) is 2. The number of methoxy groups -OCH3 is 1. The second-order valence-electron chi connectivity index (χ2n) is 4.41. The zero-order valence-corrected chi connectivity index (χ0v) is 10.6. The number of hydrogen-bond donors (Lipinski definition) is 1. The molecule has 1 unspecified atom stereocenters. The fourth-order valence-electron chi connectivity index (χ4n) is 2.21. The molecule has 0 aliphatic rings. The fraction of sp³-hybridized carbons (Fsp3) is 0.462. The highest BCUT2D eigenvalue weighted by molar-refractivity contribution is 5.79. The Labute approximate surface area is 101 Å². The van der Waals surface area contributed by atoms with Crippen LogP contribution >= 0.6 is 0 Å². The summed E-state index contributed by atoms with van der Waals surface area (Å²) in [6, 6.07) is 6.25. The average molecular weight is 233 g/mol. The minimum absolute atomic E-state index is 0.378. The molecule has 4 nitrogen and oxygen atoms in total. The Hall–Kier alpha value is -1.55. The van der Waals surface area contributed by atoms with E-state index >= 15 is 0 Å². The van der Waals surface area contributed by atoms with Gasteiger partial charge < -0.3 is 15.0 Å². The summed E-state index contributed by atoms with van der Waals surface area (Å²) < 4.78 is 7.37. The quantitative estimate of drug-likeness (QED) is 0.825. The van der Waals surface area contributed by atoms with Crippen LogP contribution in [0.25, 0.3) is 11.0 Å². The molecule has 1 heterocycles. The van der Waals surface area contributed by atoms with Gasteiger partial charge in [0.15, 0.2) is 0 Å². The first-order valence-corrected chi connectivity index (χ1v) is 5.86. The molecule has 0 bridgehead atoms. The lowest BCUT2D eigenvalue weighted by molar-refractivity contribution is 0.181. The van der Waals surface area contributed by atoms with E-state index < -0.39 is 0 Å². The SMILES string of the molecule is COCCC(C)n1c(C)nc2cc(N)ccc21. The van der Waals surface area contributed by atoms with Crippen LogP contribution in [0.1, 0.15) is 25.2 Å². The van der Waals surface area contributed by atoms with E-state index in [2.05, 4.69) is 16.5 Å².